The lowest BCUT2D eigenvalue weighted by molar-refractivity contribution is -0.115. The highest BCUT2D eigenvalue weighted by molar-refractivity contribution is 5.94. The van der Waals surface area contributed by atoms with Gasteiger partial charge in [0.25, 0.3) is 0 Å². The molecule has 0 radical (unpaired) electrons. The Hall–Kier alpha value is -3.02. The highest BCUT2D eigenvalue weighted by atomic mass is 16.2. The fraction of sp³-hybridized carbons (Fsp3) is 0.333. The highest BCUT2D eigenvalue weighted by Gasteiger charge is 2.08. The maximum atomic E-state index is 12.2. The second kappa shape index (κ2) is 9.62. The van der Waals surface area contributed by atoms with E-state index in [1.807, 2.05) is 31.2 Å². The van der Waals surface area contributed by atoms with Crippen LogP contribution in [0.5, 0.6) is 0 Å². The van der Waals surface area contributed by atoms with Gasteiger partial charge in [0.1, 0.15) is 0 Å². The summed E-state index contributed by atoms with van der Waals surface area (Å²) in [4.78, 5) is 25.5. The van der Waals surface area contributed by atoms with Crippen molar-refractivity contribution in [2.75, 3.05) is 40.5 Å². The van der Waals surface area contributed by atoms with Crippen LogP contribution in [0.15, 0.2) is 42.5 Å². The van der Waals surface area contributed by atoms with Gasteiger partial charge in [0, 0.05) is 42.8 Å². The van der Waals surface area contributed by atoms with Gasteiger partial charge in [0.05, 0.1) is 6.54 Å². The van der Waals surface area contributed by atoms with E-state index in [1.54, 1.807) is 12.1 Å². The Morgan fingerprint density at radius 3 is 2.11 bits per heavy atom. The first kappa shape index (κ1) is 20.3. The molecule has 0 unspecified atom stereocenters. The number of rotatable bonds is 8. The predicted molar refractivity (Wildman–Crippen MR) is 113 cm³/mol. The van der Waals surface area contributed by atoms with Crippen LogP contribution >= 0.6 is 0 Å². The highest BCUT2D eigenvalue weighted by Crippen LogP contribution is 2.22. The normalized spacial score (nSPS) is 10.2. The standard InChI is InChI=1S/C21H28N4O2/c1-5-25(6-2)19-11-12-20(15(3)13-19)24-21(27)14-22-17-7-9-18(10-8-17)23-16(4)26/h7-13,22H,5-6,14H2,1-4H3,(H,23,26)(H,24,27). The summed E-state index contributed by atoms with van der Waals surface area (Å²) in [6.45, 7) is 9.78. The van der Waals surface area contributed by atoms with E-state index in [0.717, 1.165) is 41.4 Å². The molecule has 0 fully saturated rings. The van der Waals surface area contributed by atoms with Gasteiger partial charge in [0.15, 0.2) is 0 Å². The average molecular weight is 368 g/mol. The lowest BCUT2D eigenvalue weighted by Crippen LogP contribution is -2.23. The van der Waals surface area contributed by atoms with Crippen LogP contribution in [0.2, 0.25) is 0 Å². The summed E-state index contributed by atoms with van der Waals surface area (Å²) in [5.74, 6) is -0.225. The van der Waals surface area contributed by atoms with E-state index < -0.39 is 0 Å². The summed E-state index contributed by atoms with van der Waals surface area (Å²) in [6, 6.07) is 13.3. The molecule has 0 saturated carbocycles. The molecule has 0 heterocycles. The minimum absolute atomic E-state index is 0.111. The molecule has 2 rings (SSSR count). The maximum absolute atomic E-state index is 12.2. The Bertz CT molecular complexity index is 783. The van der Waals surface area contributed by atoms with Crippen LogP contribution in [-0.4, -0.2) is 31.4 Å². The van der Waals surface area contributed by atoms with Gasteiger partial charge in [-0.1, -0.05) is 0 Å². The van der Waals surface area contributed by atoms with Crippen LogP contribution in [0.25, 0.3) is 0 Å². The Kier molecular flexibility index (Phi) is 7.23. The van der Waals surface area contributed by atoms with Crippen LogP contribution in [0.1, 0.15) is 26.3 Å². The van der Waals surface area contributed by atoms with E-state index >= 15 is 0 Å². The molecule has 6 heteroatoms. The topological polar surface area (TPSA) is 73.5 Å². The zero-order valence-corrected chi connectivity index (χ0v) is 16.4. The van der Waals surface area contributed by atoms with Crippen molar-refractivity contribution in [2.45, 2.75) is 27.7 Å². The smallest absolute Gasteiger partial charge is 0.243 e. The van der Waals surface area contributed by atoms with Crippen LogP contribution in [0, 0.1) is 6.92 Å². The second-order valence-electron chi connectivity index (χ2n) is 6.33. The zero-order valence-electron chi connectivity index (χ0n) is 16.4. The average Bonchev–Trinajstić information content (AvgIpc) is 2.64. The van der Waals surface area contributed by atoms with Gasteiger partial charge in [-0.3, -0.25) is 9.59 Å². The maximum Gasteiger partial charge on any atom is 0.243 e. The third-order valence-electron chi connectivity index (χ3n) is 4.27. The van der Waals surface area contributed by atoms with E-state index in [9.17, 15) is 9.59 Å². The molecule has 2 aromatic carbocycles. The summed E-state index contributed by atoms with van der Waals surface area (Å²) in [6.07, 6.45) is 0. The summed E-state index contributed by atoms with van der Waals surface area (Å²) in [5, 5.41) is 8.73. The van der Waals surface area contributed by atoms with E-state index in [-0.39, 0.29) is 18.4 Å². The number of benzene rings is 2. The van der Waals surface area contributed by atoms with Gasteiger partial charge >= 0.3 is 0 Å². The van der Waals surface area contributed by atoms with E-state index in [4.69, 9.17) is 0 Å². The number of aryl methyl sites for hydroxylation is 1. The molecule has 3 N–H and O–H groups in total. The number of nitrogens with zero attached hydrogens (tertiary/aromatic N) is 1. The van der Waals surface area contributed by atoms with Crippen molar-refractivity contribution in [1.29, 1.82) is 0 Å². The number of carbonyl (C=O) groups is 2. The summed E-state index contributed by atoms with van der Waals surface area (Å²) >= 11 is 0. The fourth-order valence-electron chi connectivity index (χ4n) is 2.82. The van der Waals surface area contributed by atoms with Crippen molar-refractivity contribution in [3.63, 3.8) is 0 Å². The first-order valence-corrected chi connectivity index (χ1v) is 9.20. The molecule has 27 heavy (non-hydrogen) atoms. The van der Waals surface area contributed by atoms with Crippen LogP contribution < -0.4 is 20.9 Å². The zero-order chi connectivity index (χ0) is 19.8. The molecule has 144 valence electrons. The number of amides is 2. The molecule has 2 aromatic rings. The fourth-order valence-corrected chi connectivity index (χ4v) is 2.82. The van der Waals surface area contributed by atoms with E-state index in [0.29, 0.717) is 0 Å². The lowest BCUT2D eigenvalue weighted by atomic mass is 10.1. The number of anilines is 4. The SMILES string of the molecule is CCN(CC)c1ccc(NC(=O)CNc2ccc(NC(C)=O)cc2)c(C)c1. The number of hydrogen-bond donors (Lipinski definition) is 3. The molecule has 2 amide bonds. The van der Waals surface area contributed by atoms with Crippen LogP contribution in [0.3, 0.4) is 0 Å². The van der Waals surface area contributed by atoms with Gasteiger partial charge in [-0.2, -0.15) is 0 Å². The van der Waals surface area contributed by atoms with Crippen molar-refractivity contribution in [3.05, 3.63) is 48.0 Å². The minimum Gasteiger partial charge on any atom is -0.376 e. The van der Waals surface area contributed by atoms with E-state index in [1.165, 1.54) is 6.92 Å². The molecule has 0 saturated heterocycles. The minimum atomic E-state index is -0.113. The van der Waals surface area contributed by atoms with Crippen molar-refractivity contribution < 1.29 is 9.59 Å². The van der Waals surface area contributed by atoms with Crippen molar-refractivity contribution in [3.8, 4) is 0 Å². The largest absolute Gasteiger partial charge is 0.376 e. The Morgan fingerprint density at radius 2 is 1.56 bits per heavy atom. The Labute approximate surface area is 161 Å². The van der Waals surface area contributed by atoms with Crippen molar-refractivity contribution >= 4 is 34.6 Å². The summed E-state index contributed by atoms with van der Waals surface area (Å²) in [7, 11) is 0. The molecule has 6 nitrogen and oxygen atoms in total. The molecule has 0 aromatic heterocycles. The molecule has 0 aliphatic heterocycles. The van der Waals surface area contributed by atoms with Gasteiger partial charge in [-0.05, 0) is 68.8 Å². The Morgan fingerprint density at radius 1 is 0.926 bits per heavy atom. The molecular formula is C21H28N4O2. The third kappa shape index (κ3) is 6.02. The molecular weight excluding hydrogens is 340 g/mol. The predicted octanol–water partition coefficient (Wildman–Crippen LogP) is 3.85. The summed E-state index contributed by atoms with van der Waals surface area (Å²) in [5.41, 5.74) is 4.55. The first-order valence-electron chi connectivity index (χ1n) is 9.20. The number of carbonyl (C=O) groups excluding carboxylic acids is 2. The molecule has 0 aliphatic rings. The van der Waals surface area contributed by atoms with E-state index in [2.05, 4.69) is 40.8 Å². The third-order valence-corrected chi connectivity index (χ3v) is 4.27. The quantitative estimate of drug-likeness (QED) is 0.662. The first-order chi connectivity index (χ1) is 12.9. The number of hydrogen-bond acceptors (Lipinski definition) is 4. The molecule has 0 atom stereocenters. The summed E-state index contributed by atoms with van der Waals surface area (Å²) < 4.78 is 0. The van der Waals surface area contributed by atoms with Crippen molar-refractivity contribution in [1.82, 2.24) is 0 Å². The Balaban J connectivity index is 1.91. The van der Waals surface area contributed by atoms with Gasteiger partial charge in [-0.25, -0.2) is 0 Å². The molecule has 0 aliphatic carbocycles. The van der Waals surface area contributed by atoms with Gasteiger partial charge < -0.3 is 20.9 Å². The second-order valence-corrected chi connectivity index (χ2v) is 6.33. The molecule has 0 bridgehead atoms. The van der Waals surface area contributed by atoms with Crippen LogP contribution in [0.4, 0.5) is 22.7 Å². The van der Waals surface area contributed by atoms with Crippen molar-refractivity contribution in [2.24, 2.45) is 0 Å². The molecule has 0 spiro atoms. The monoisotopic (exact) mass is 368 g/mol. The van der Waals surface area contributed by atoms with Crippen LogP contribution in [-0.2, 0) is 9.59 Å². The lowest BCUT2D eigenvalue weighted by Gasteiger charge is -2.22. The van der Waals surface area contributed by atoms with Gasteiger partial charge in [-0.15, -0.1) is 0 Å². The van der Waals surface area contributed by atoms with Gasteiger partial charge in [0.2, 0.25) is 11.8 Å². The number of nitrogens with one attached hydrogen (secondary N) is 3.